The van der Waals surface area contributed by atoms with E-state index in [9.17, 15) is 18.4 Å². The van der Waals surface area contributed by atoms with E-state index in [0.717, 1.165) is 17.7 Å². The first-order chi connectivity index (χ1) is 13.4. The van der Waals surface area contributed by atoms with Gasteiger partial charge in [-0.3, -0.25) is 9.59 Å². The highest BCUT2D eigenvalue weighted by Crippen LogP contribution is 2.21. The Morgan fingerprint density at radius 1 is 0.857 bits per heavy atom. The van der Waals surface area contributed by atoms with Gasteiger partial charge >= 0.3 is 0 Å². The second-order valence-electron chi connectivity index (χ2n) is 5.95. The molecule has 3 aromatic carbocycles. The Kier molecular flexibility index (Phi) is 6.01. The average molecular weight is 401 g/mol. The zero-order chi connectivity index (χ0) is 20.1. The molecule has 0 unspecified atom stereocenters. The smallest absolute Gasteiger partial charge is 0.257 e. The number of anilines is 1. The summed E-state index contributed by atoms with van der Waals surface area (Å²) in [6.07, 6.45) is 0. The van der Waals surface area contributed by atoms with Crippen LogP contribution >= 0.6 is 11.6 Å². The van der Waals surface area contributed by atoms with Gasteiger partial charge in [0.1, 0.15) is 0 Å². The van der Waals surface area contributed by atoms with Crippen molar-refractivity contribution in [1.29, 1.82) is 0 Å². The number of benzene rings is 3. The van der Waals surface area contributed by atoms with Crippen LogP contribution in [0.15, 0.2) is 66.7 Å². The van der Waals surface area contributed by atoms with Gasteiger partial charge in [0.15, 0.2) is 11.6 Å². The van der Waals surface area contributed by atoms with Gasteiger partial charge in [-0.2, -0.15) is 0 Å². The molecule has 0 bridgehead atoms. The molecule has 0 aromatic heterocycles. The van der Waals surface area contributed by atoms with Crippen molar-refractivity contribution >= 4 is 29.1 Å². The third-order valence-electron chi connectivity index (χ3n) is 3.96. The summed E-state index contributed by atoms with van der Waals surface area (Å²) in [5.74, 6) is -3.25. The van der Waals surface area contributed by atoms with Crippen molar-refractivity contribution in [2.45, 2.75) is 6.54 Å². The maximum Gasteiger partial charge on any atom is 0.257 e. The first kappa shape index (κ1) is 19.5. The van der Waals surface area contributed by atoms with Crippen molar-refractivity contribution in [3.63, 3.8) is 0 Å². The van der Waals surface area contributed by atoms with Crippen LogP contribution in [0, 0.1) is 11.6 Å². The topological polar surface area (TPSA) is 58.2 Å². The van der Waals surface area contributed by atoms with E-state index in [1.807, 2.05) is 30.3 Å². The maximum atomic E-state index is 13.3. The van der Waals surface area contributed by atoms with Crippen molar-refractivity contribution < 1.29 is 18.4 Å². The van der Waals surface area contributed by atoms with E-state index in [-0.39, 0.29) is 16.5 Å². The molecule has 0 aliphatic rings. The summed E-state index contributed by atoms with van der Waals surface area (Å²) in [5, 5.41) is 5.12. The third kappa shape index (κ3) is 4.72. The van der Waals surface area contributed by atoms with E-state index in [1.165, 1.54) is 12.1 Å². The van der Waals surface area contributed by atoms with Crippen LogP contribution in [0.5, 0.6) is 0 Å². The van der Waals surface area contributed by atoms with Gasteiger partial charge in [0.25, 0.3) is 11.8 Å². The summed E-state index contributed by atoms with van der Waals surface area (Å²) in [7, 11) is 0. The van der Waals surface area contributed by atoms with Gasteiger partial charge < -0.3 is 10.6 Å². The fraction of sp³-hybridized carbons (Fsp3) is 0.0476. The summed E-state index contributed by atoms with van der Waals surface area (Å²) in [5.41, 5.74) is 1.58. The molecule has 0 spiro atoms. The first-order valence-electron chi connectivity index (χ1n) is 8.32. The van der Waals surface area contributed by atoms with E-state index >= 15 is 0 Å². The Morgan fingerprint density at radius 2 is 1.50 bits per heavy atom. The molecule has 0 saturated heterocycles. The minimum atomic E-state index is -1.17. The molecule has 0 radical (unpaired) electrons. The summed E-state index contributed by atoms with van der Waals surface area (Å²) < 4.78 is 26.4. The lowest BCUT2D eigenvalue weighted by atomic mass is 10.1. The van der Waals surface area contributed by atoms with Gasteiger partial charge in [0.2, 0.25) is 0 Å². The minimum Gasteiger partial charge on any atom is -0.348 e. The molecular weight excluding hydrogens is 386 g/mol. The Morgan fingerprint density at radius 3 is 2.18 bits per heavy atom. The summed E-state index contributed by atoms with van der Waals surface area (Å²) in [6, 6.07) is 17.1. The van der Waals surface area contributed by atoms with Crippen molar-refractivity contribution in [2.75, 3.05) is 5.32 Å². The van der Waals surface area contributed by atoms with Gasteiger partial charge in [-0.15, -0.1) is 0 Å². The van der Waals surface area contributed by atoms with Crippen molar-refractivity contribution in [3.05, 3.63) is 100 Å². The number of hydrogen-bond donors (Lipinski definition) is 2. The molecule has 3 aromatic rings. The van der Waals surface area contributed by atoms with Crippen LogP contribution in [0.1, 0.15) is 26.3 Å². The van der Waals surface area contributed by atoms with Crippen LogP contribution in [-0.4, -0.2) is 11.8 Å². The molecule has 3 rings (SSSR count). The normalized spacial score (nSPS) is 10.4. The zero-order valence-electron chi connectivity index (χ0n) is 14.5. The highest BCUT2D eigenvalue weighted by atomic mass is 35.5. The van der Waals surface area contributed by atoms with Crippen molar-refractivity contribution in [1.82, 2.24) is 5.32 Å². The molecule has 0 fully saturated rings. The zero-order valence-corrected chi connectivity index (χ0v) is 15.3. The Balaban J connectivity index is 1.63. The SMILES string of the molecule is O=C(NCc1ccccc1)c1ccc(NC(=O)c2cc(F)c(F)cc2Cl)cc1. The molecule has 0 heterocycles. The Bertz CT molecular complexity index is 1010. The Labute approximate surface area is 165 Å². The molecule has 0 atom stereocenters. The molecule has 2 N–H and O–H groups in total. The molecular formula is C21H15ClF2N2O2. The van der Waals surface area contributed by atoms with Gasteiger partial charge in [-0.05, 0) is 42.0 Å². The average Bonchev–Trinajstić information content (AvgIpc) is 2.70. The van der Waals surface area contributed by atoms with E-state index < -0.39 is 17.5 Å². The Hall–Kier alpha value is -3.25. The molecule has 7 heteroatoms. The van der Waals surface area contributed by atoms with Crippen LogP contribution in [0.3, 0.4) is 0 Å². The standard InChI is InChI=1S/C21H15ClF2N2O2/c22-17-11-19(24)18(23)10-16(17)21(28)26-15-8-6-14(7-9-15)20(27)25-12-13-4-2-1-3-5-13/h1-11H,12H2,(H,25,27)(H,26,28). The van der Waals surface area contributed by atoms with E-state index in [0.29, 0.717) is 17.8 Å². The van der Waals surface area contributed by atoms with Crippen molar-refractivity contribution in [3.8, 4) is 0 Å². The monoisotopic (exact) mass is 400 g/mol. The van der Waals surface area contributed by atoms with Gasteiger partial charge in [0, 0.05) is 17.8 Å². The minimum absolute atomic E-state index is 0.190. The molecule has 0 aliphatic heterocycles. The van der Waals surface area contributed by atoms with Crippen molar-refractivity contribution in [2.24, 2.45) is 0 Å². The van der Waals surface area contributed by atoms with E-state index in [2.05, 4.69) is 10.6 Å². The van der Waals surface area contributed by atoms with Gasteiger partial charge in [0.05, 0.1) is 10.6 Å². The summed E-state index contributed by atoms with van der Waals surface area (Å²) >= 11 is 5.79. The van der Waals surface area contributed by atoms with E-state index in [1.54, 1.807) is 12.1 Å². The van der Waals surface area contributed by atoms with Gasteiger partial charge in [-0.1, -0.05) is 41.9 Å². The van der Waals surface area contributed by atoms with Gasteiger partial charge in [-0.25, -0.2) is 8.78 Å². The molecule has 142 valence electrons. The van der Waals surface area contributed by atoms with Crippen LogP contribution in [-0.2, 0) is 6.54 Å². The molecule has 0 saturated carbocycles. The lowest BCUT2D eigenvalue weighted by molar-refractivity contribution is 0.0950. The van der Waals surface area contributed by atoms with Crippen LogP contribution in [0.25, 0.3) is 0 Å². The lowest BCUT2D eigenvalue weighted by Crippen LogP contribution is -2.22. The molecule has 2 amide bonds. The third-order valence-corrected chi connectivity index (χ3v) is 4.27. The first-order valence-corrected chi connectivity index (χ1v) is 8.70. The quantitative estimate of drug-likeness (QED) is 0.604. The second-order valence-corrected chi connectivity index (χ2v) is 6.35. The lowest BCUT2D eigenvalue weighted by Gasteiger charge is -2.09. The number of rotatable bonds is 5. The maximum absolute atomic E-state index is 13.3. The number of hydrogen-bond acceptors (Lipinski definition) is 2. The number of halogens is 3. The molecule has 0 aliphatic carbocycles. The number of nitrogens with one attached hydrogen (secondary N) is 2. The number of carbonyl (C=O) groups is 2. The fourth-order valence-electron chi connectivity index (χ4n) is 2.48. The highest BCUT2D eigenvalue weighted by Gasteiger charge is 2.15. The molecule has 4 nitrogen and oxygen atoms in total. The van der Waals surface area contributed by atoms with Crippen LogP contribution < -0.4 is 10.6 Å². The number of carbonyl (C=O) groups excluding carboxylic acids is 2. The van der Waals surface area contributed by atoms with Crippen LogP contribution in [0.4, 0.5) is 14.5 Å². The van der Waals surface area contributed by atoms with E-state index in [4.69, 9.17) is 11.6 Å². The predicted molar refractivity (Wildman–Crippen MR) is 103 cm³/mol. The predicted octanol–water partition coefficient (Wildman–Crippen LogP) is 4.80. The largest absolute Gasteiger partial charge is 0.348 e. The fourth-order valence-corrected chi connectivity index (χ4v) is 2.72. The highest BCUT2D eigenvalue weighted by molar-refractivity contribution is 6.34. The number of amides is 2. The molecule has 28 heavy (non-hydrogen) atoms. The summed E-state index contributed by atoms with van der Waals surface area (Å²) in [6.45, 7) is 0.396. The second kappa shape index (κ2) is 8.63. The van der Waals surface area contributed by atoms with Crippen LogP contribution in [0.2, 0.25) is 5.02 Å². The summed E-state index contributed by atoms with van der Waals surface area (Å²) in [4.78, 5) is 24.4.